The summed E-state index contributed by atoms with van der Waals surface area (Å²) in [5.74, 6) is 0. The van der Waals surface area contributed by atoms with Crippen LogP contribution in [0.2, 0.25) is 5.02 Å². The fraction of sp³-hybridized carbons (Fsp3) is 0.250. The predicted octanol–water partition coefficient (Wildman–Crippen LogP) is 2.54. The summed E-state index contributed by atoms with van der Waals surface area (Å²) in [6.07, 6.45) is 0. The Bertz CT molecular complexity index is 205. The third-order valence-corrected chi connectivity index (χ3v) is 1.94. The first kappa shape index (κ1) is 7.42. The maximum Gasteiger partial charge on any atom is 0.0638 e. The lowest BCUT2D eigenvalue weighted by molar-refractivity contribution is 1.34. The second kappa shape index (κ2) is 2.51. The third-order valence-electron chi connectivity index (χ3n) is 1.61. The van der Waals surface area contributed by atoms with Crippen molar-refractivity contribution in [3.63, 3.8) is 0 Å². The highest BCUT2D eigenvalue weighted by atomic mass is 35.5. The van der Waals surface area contributed by atoms with Gasteiger partial charge in [0.05, 0.1) is 10.7 Å². The van der Waals surface area contributed by atoms with Crippen molar-refractivity contribution in [1.82, 2.24) is 0 Å². The molecule has 0 saturated heterocycles. The van der Waals surface area contributed by atoms with Gasteiger partial charge >= 0.3 is 0 Å². The van der Waals surface area contributed by atoms with Crippen LogP contribution >= 0.6 is 11.6 Å². The highest BCUT2D eigenvalue weighted by Crippen LogP contribution is 2.22. The van der Waals surface area contributed by atoms with E-state index in [1.54, 1.807) is 0 Å². The van der Waals surface area contributed by atoms with Crippen molar-refractivity contribution in [2.75, 3.05) is 5.73 Å². The molecule has 2 N–H and O–H groups in total. The Hall–Kier alpha value is -0.690. The van der Waals surface area contributed by atoms with Gasteiger partial charge in [-0.05, 0) is 37.1 Å². The first-order valence-electron chi connectivity index (χ1n) is 3.13. The molecular weight excluding hydrogens is 146 g/mol. The number of nitrogen functional groups attached to an aromatic ring is 1. The molecule has 1 aromatic rings. The monoisotopic (exact) mass is 155 g/mol. The van der Waals surface area contributed by atoms with Crippen LogP contribution in [0.25, 0.3) is 0 Å². The lowest BCUT2D eigenvalue weighted by Crippen LogP contribution is -1.89. The molecule has 0 aromatic heterocycles. The Morgan fingerprint density at radius 3 is 2.20 bits per heavy atom. The van der Waals surface area contributed by atoms with Gasteiger partial charge in [-0.3, -0.25) is 0 Å². The second-order valence-electron chi connectivity index (χ2n) is 2.46. The van der Waals surface area contributed by atoms with Gasteiger partial charge < -0.3 is 5.73 Å². The number of benzene rings is 1. The van der Waals surface area contributed by atoms with E-state index in [1.165, 1.54) is 11.1 Å². The zero-order valence-corrected chi connectivity index (χ0v) is 6.87. The van der Waals surface area contributed by atoms with Gasteiger partial charge in [-0.2, -0.15) is 0 Å². The average Bonchev–Trinajstić information content (AvgIpc) is 1.84. The molecule has 0 amide bonds. The van der Waals surface area contributed by atoms with Crippen LogP contribution in [0, 0.1) is 13.8 Å². The summed E-state index contributed by atoms with van der Waals surface area (Å²) < 4.78 is 0. The van der Waals surface area contributed by atoms with Gasteiger partial charge in [0.2, 0.25) is 0 Å². The van der Waals surface area contributed by atoms with Crippen molar-refractivity contribution in [3.05, 3.63) is 28.3 Å². The molecule has 1 nitrogen and oxygen atoms in total. The molecule has 54 valence electrons. The molecule has 2 heteroatoms. The number of aryl methyl sites for hydroxylation is 2. The number of hydrogen-bond acceptors (Lipinski definition) is 1. The summed E-state index contributed by atoms with van der Waals surface area (Å²) in [5, 5.41) is 0.642. The topological polar surface area (TPSA) is 26.0 Å². The standard InChI is InChI=1S/C8H10ClN/c1-5-3-7(9)8(10)4-6(5)2/h3-4H,10H2,1-2H3. The molecule has 10 heavy (non-hydrogen) atoms. The predicted molar refractivity (Wildman–Crippen MR) is 45.3 cm³/mol. The Balaban J connectivity index is 3.28. The molecular formula is C8H10ClN. The minimum atomic E-state index is 0.642. The lowest BCUT2D eigenvalue weighted by atomic mass is 10.1. The highest BCUT2D eigenvalue weighted by Gasteiger charge is 1.97. The molecule has 0 fully saturated rings. The maximum absolute atomic E-state index is 5.76. The first-order valence-corrected chi connectivity index (χ1v) is 3.51. The van der Waals surface area contributed by atoms with Crippen molar-refractivity contribution in [3.8, 4) is 0 Å². The molecule has 0 unspecified atom stereocenters. The zero-order valence-electron chi connectivity index (χ0n) is 6.11. The Morgan fingerprint density at radius 2 is 1.70 bits per heavy atom. The smallest absolute Gasteiger partial charge is 0.0638 e. The molecule has 0 aliphatic rings. The molecule has 0 heterocycles. The normalized spacial score (nSPS) is 9.90. The summed E-state index contributed by atoms with van der Waals surface area (Å²) in [7, 11) is 0. The van der Waals surface area contributed by atoms with E-state index in [2.05, 4.69) is 0 Å². The van der Waals surface area contributed by atoms with Gasteiger partial charge in [0.15, 0.2) is 0 Å². The third kappa shape index (κ3) is 1.24. The molecule has 0 aliphatic carbocycles. The molecule has 0 spiro atoms. The highest BCUT2D eigenvalue weighted by molar-refractivity contribution is 6.33. The van der Waals surface area contributed by atoms with E-state index >= 15 is 0 Å². The van der Waals surface area contributed by atoms with E-state index in [0.717, 1.165) is 0 Å². The van der Waals surface area contributed by atoms with Crippen LogP contribution in [0.4, 0.5) is 5.69 Å². The van der Waals surface area contributed by atoms with Gasteiger partial charge in [0, 0.05) is 0 Å². The van der Waals surface area contributed by atoms with Crippen molar-refractivity contribution in [2.24, 2.45) is 0 Å². The second-order valence-corrected chi connectivity index (χ2v) is 2.87. The number of halogens is 1. The summed E-state index contributed by atoms with van der Waals surface area (Å²) in [6.45, 7) is 4.03. The molecule has 0 atom stereocenters. The van der Waals surface area contributed by atoms with Gasteiger partial charge in [-0.25, -0.2) is 0 Å². The fourth-order valence-corrected chi connectivity index (χ4v) is 1.02. The summed E-state index contributed by atoms with van der Waals surface area (Å²) in [6, 6.07) is 3.77. The van der Waals surface area contributed by atoms with Gasteiger partial charge in [0.1, 0.15) is 0 Å². The largest absolute Gasteiger partial charge is 0.398 e. The van der Waals surface area contributed by atoms with E-state index in [9.17, 15) is 0 Å². The van der Waals surface area contributed by atoms with Crippen molar-refractivity contribution in [2.45, 2.75) is 13.8 Å². The summed E-state index contributed by atoms with van der Waals surface area (Å²) in [4.78, 5) is 0. The van der Waals surface area contributed by atoms with Crippen molar-refractivity contribution >= 4 is 17.3 Å². The number of hydrogen-bond donors (Lipinski definition) is 1. The molecule has 0 aliphatic heterocycles. The zero-order chi connectivity index (χ0) is 7.72. The molecule has 0 saturated carbocycles. The van der Waals surface area contributed by atoms with Crippen molar-refractivity contribution < 1.29 is 0 Å². The Morgan fingerprint density at radius 1 is 1.20 bits per heavy atom. The van der Waals surface area contributed by atoms with E-state index in [4.69, 9.17) is 17.3 Å². The number of anilines is 1. The Kier molecular flexibility index (Phi) is 1.86. The summed E-state index contributed by atoms with van der Waals surface area (Å²) in [5.41, 5.74) is 8.58. The van der Waals surface area contributed by atoms with Crippen molar-refractivity contribution in [1.29, 1.82) is 0 Å². The number of nitrogens with two attached hydrogens (primary N) is 1. The van der Waals surface area contributed by atoms with E-state index in [1.807, 2.05) is 26.0 Å². The molecule has 1 rings (SSSR count). The minimum Gasteiger partial charge on any atom is -0.398 e. The molecule has 1 aromatic carbocycles. The lowest BCUT2D eigenvalue weighted by Gasteiger charge is -2.02. The van der Waals surface area contributed by atoms with Crippen LogP contribution in [0.5, 0.6) is 0 Å². The minimum absolute atomic E-state index is 0.642. The van der Waals surface area contributed by atoms with Crippen LogP contribution in [0.1, 0.15) is 11.1 Å². The van der Waals surface area contributed by atoms with Crippen LogP contribution < -0.4 is 5.73 Å². The van der Waals surface area contributed by atoms with E-state index in [-0.39, 0.29) is 0 Å². The van der Waals surface area contributed by atoms with Crippen LogP contribution in [0.3, 0.4) is 0 Å². The van der Waals surface area contributed by atoms with Crippen LogP contribution in [0.15, 0.2) is 12.1 Å². The fourth-order valence-electron chi connectivity index (χ4n) is 0.803. The van der Waals surface area contributed by atoms with Gasteiger partial charge in [-0.15, -0.1) is 0 Å². The molecule has 0 radical (unpaired) electrons. The first-order chi connectivity index (χ1) is 4.61. The molecule has 0 bridgehead atoms. The van der Waals surface area contributed by atoms with Gasteiger partial charge in [0.25, 0.3) is 0 Å². The SMILES string of the molecule is Cc1cc(N)c(Cl)cc1C. The summed E-state index contributed by atoms with van der Waals surface area (Å²) >= 11 is 5.76. The van der Waals surface area contributed by atoms with E-state index < -0.39 is 0 Å². The number of rotatable bonds is 0. The maximum atomic E-state index is 5.76. The van der Waals surface area contributed by atoms with Crippen LogP contribution in [-0.4, -0.2) is 0 Å². The van der Waals surface area contributed by atoms with Gasteiger partial charge in [-0.1, -0.05) is 11.6 Å². The Labute approximate surface area is 65.8 Å². The average molecular weight is 156 g/mol. The quantitative estimate of drug-likeness (QED) is 0.573. The van der Waals surface area contributed by atoms with Crippen LogP contribution in [-0.2, 0) is 0 Å². The van der Waals surface area contributed by atoms with E-state index in [0.29, 0.717) is 10.7 Å².